The van der Waals surface area contributed by atoms with Gasteiger partial charge in [-0.25, -0.2) is 0 Å². The molecule has 0 aliphatic heterocycles. The second-order valence-electron chi connectivity index (χ2n) is 6.50. The van der Waals surface area contributed by atoms with E-state index >= 15 is 0 Å². The van der Waals surface area contributed by atoms with Crippen LogP contribution in [0.4, 0.5) is 22.7 Å². The van der Waals surface area contributed by atoms with E-state index in [0.29, 0.717) is 0 Å². The third-order valence-electron chi connectivity index (χ3n) is 4.47. The Morgan fingerprint density at radius 3 is 1.50 bits per heavy atom. The largest absolute Gasteiger partial charge is 0.397 e. The molecule has 0 saturated carbocycles. The van der Waals surface area contributed by atoms with Crippen molar-refractivity contribution < 1.29 is 0 Å². The van der Waals surface area contributed by atoms with E-state index in [4.69, 9.17) is 5.73 Å². The van der Waals surface area contributed by atoms with Crippen LogP contribution >= 0.6 is 0 Å². The molecule has 0 heterocycles. The standard InChI is InChI=1S/C22H24N2/c1-15-5-9-19(10-6-15)24(20-11-7-16(2)8-12-20)22-14-18(4)17(3)13-21(22)23/h5-14H,23H2,1-4H3. The summed E-state index contributed by atoms with van der Waals surface area (Å²) in [4.78, 5) is 2.22. The summed E-state index contributed by atoms with van der Waals surface area (Å²) in [5, 5.41) is 0. The summed E-state index contributed by atoms with van der Waals surface area (Å²) in [6.45, 7) is 8.42. The number of anilines is 4. The van der Waals surface area contributed by atoms with E-state index in [2.05, 4.69) is 93.3 Å². The average molecular weight is 316 g/mol. The van der Waals surface area contributed by atoms with Gasteiger partial charge in [0.25, 0.3) is 0 Å². The first-order chi connectivity index (χ1) is 11.5. The highest BCUT2D eigenvalue weighted by molar-refractivity contribution is 5.84. The molecule has 3 rings (SSSR count). The number of rotatable bonds is 3. The van der Waals surface area contributed by atoms with Crippen molar-refractivity contribution in [2.45, 2.75) is 27.7 Å². The molecule has 0 unspecified atom stereocenters. The molecule has 24 heavy (non-hydrogen) atoms. The first-order valence-corrected chi connectivity index (χ1v) is 8.26. The van der Waals surface area contributed by atoms with Gasteiger partial charge in [-0.15, -0.1) is 0 Å². The highest BCUT2D eigenvalue weighted by Crippen LogP contribution is 2.39. The zero-order valence-electron chi connectivity index (χ0n) is 14.8. The zero-order valence-corrected chi connectivity index (χ0v) is 14.8. The minimum atomic E-state index is 0.791. The molecule has 3 aromatic carbocycles. The van der Waals surface area contributed by atoms with Crippen molar-refractivity contribution in [3.63, 3.8) is 0 Å². The molecule has 0 aromatic heterocycles. The minimum absolute atomic E-state index is 0.791. The van der Waals surface area contributed by atoms with Gasteiger partial charge in [0, 0.05) is 11.4 Å². The SMILES string of the molecule is Cc1ccc(N(c2ccc(C)cc2)c2cc(C)c(C)cc2N)cc1. The molecule has 0 spiro atoms. The summed E-state index contributed by atoms with van der Waals surface area (Å²) in [5.74, 6) is 0. The van der Waals surface area contributed by atoms with Gasteiger partial charge in [0.1, 0.15) is 0 Å². The summed E-state index contributed by atoms with van der Waals surface area (Å²) < 4.78 is 0. The Kier molecular flexibility index (Phi) is 4.30. The molecule has 0 saturated heterocycles. The highest BCUT2D eigenvalue weighted by Gasteiger charge is 2.15. The monoisotopic (exact) mass is 316 g/mol. The summed E-state index contributed by atoms with van der Waals surface area (Å²) in [6, 6.07) is 21.3. The smallest absolute Gasteiger partial charge is 0.0694 e. The maximum Gasteiger partial charge on any atom is 0.0694 e. The predicted molar refractivity (Wildman–Crippen MR) is 104 cm³/mol. The van der Waals surface area contributed by atoms with E-state index in [1.54, 1.807) is 0 Å². The number of hydrogen-bond donors (Lipinski definition) is 1. The van der Waals surface area contributed by atoms with Gasteiger partial charge >= 0.3 is 0 Å². The van der Waals surface area contributed by atoms with Gasteiger partial charge in [-0.05, 0) is 75.2 Å². The number of aryl methyl sites for hydroxylation is 4. The topological polar surface area (TPSA) is 29.3 Å². The number of nitrogens with two attached hydrogens (primary N) is 1. The first kappa shape index (κ1) is 16.1. The third-order valence-corrected chi connectivity index (χ3v) is 4.47. The Morgan fingerprint density at radius 2 is 1.04 bits per heavy atom. The molecule has 0 aliphatic rings. The number of benzene rings is 3. The Labute approximate surface area is 144 Å². The van der Waals surface area contributed by atoms with Crippen LogP contribution in [0.25, 0.3) is 0 Å². The maximum absolute atomic E-state index is 6.38. The van der Waals surface area contributed by atoms with Crippen molar-refractivity contribution in [1.82, 2.24) is 0 Å². The molecule has 0 bridgehead atoms. The molecule has 3 aromatic rings. The van der Waals surface area contributed by atoms with Gasteiger partial charge in [-0.1, -0.05) is 35.4 Å². The molecule has 0 amide bonds. The van der Waals surface area contributed by atoms with Gasteiger partial charge in [-0.2, -0.15) is 0 Å². The number of nitrogens with zero attached hydrogens (tertiary/aromatic N) is 1. The maximum atomic E-state index is 6.38. The van der Waals surface area contributed by atoms with Gasteiger partial charge < -0.3 is 10.6 Å². The Balaban J connectivity index is 2.20. The Hall–Kier alpha value is -2.74. The fourth-order valence-electron chi connectivity index (χ4n) is 2.83. The third kappa shape index (κ3) is 3.13. The van der Waals surface area contributed by atoms with Crippen molar-refractivity contribution in [2.24, 2.45) is 0 Å². The van der Waals surface area contributed by atoms with Crippen LogP contribution in [0.2, 0.25) is 0 Å². The number of nitrogen functional groups attached to an aromatic ring is 1. The first-order valence-electron chi connectivity index (χ1n) is 8.26. The van der Waals surface area contributed by atoms with Crippen LogP contribution in [0, 0.1) is 27.7 Å². The van der Waals surface area contributed by atoms with E-state index in [9.17, 15) is 0 Å². The zero-order chi connectivity index (χ0) is 17.3. The van der Waals surface area contributed by atoms with Crippen LogP contribution in [-0.2, 0) is 0 Å². The second kappa shape index (κ2) is 6.40. The van der Waals surface area contributed by atoms with E-state index in [1.165, 1.54) is 22.3 Å². The van der Waals surface area contributed by atoms with E-state index in [-0.39, 0.29) is 0 Å². The van der Waals surface area contributed by atoms with E-state index in [0.717, 1.165) is 22.7 Å². The lowest BCUT2D eigenvalue weighted by Gasteiger charge is -2.27. The van der Waals surface area contributed by atoms with Crippen molar-refractivity contribution in [3.05, 3.63) is 82.9 Å². The lowest BCUT2D eigenvalue weighted by atomic mass is 10.1. The van der Waals surface area contributed by atoms with Crippen molar-refractivity contribution >= 4 is 22.7 Å². The fourth-order valence-corrected chi connectivity index (χ4v) is 2.83. The molecule has 122 valence electrons. The molecular formula is C22H24N2. The molecule has 0 aliphatic carbocycles. The van der Waals surface area contributed by atoms with Crippen LogP contribution in [0.15, 0.2) is 60.7 Å². The molecule has 0 atom stereocenters. The van der Waals surface area contributed by atoms with Crippen LogP contribution in [-0.4, -0.2) is 0 Å². The Morgan fingerprint density at radius 1 is 0.625 bits per heavy atom. The normalized spacial score (nSPS) is 10.7. The average Bonchev–Trinajstić information content (AvgIpc) is 2.56. The molecule has 2 nitrogen and oxygen atoms in total. The molecule has 0 fully saturated rings. The summed E-state index contributed by atoms with van der Waals surface area (Å²) >= 11 is 0. The van der Waals surface area contributed by atoms with E-state index < -0.39 is 0 Å². The predicted octanol–water partition coefficient (Wildman–Crippen LogP) is 5.97. The van der Waals surface area contributed by atoms with Crippen molar-refractivity contribution in [3.8, 4) is 0 Å². The fraction of sp³-hybridized carbons (Fsp3) is 0.182. The minimum Gasteiger partial charge on any atom is -0.397 e. The second-order valence-corrected chi connectivity index (χ2v) is 6.50. The lowest BCUT2D eigenvalue weighted by molar-refractivity contribution is 1.24. The molecule has 2 heteroatoms. The number of hydrogen-bond acceptors (Lipinski definition) is 2. The van der Waals surface area contributed by atoms with Crippen LogP contribution < -0.4 is 10.6 Å². The highest BCUT2D eigenvalue weighted by atomic mass is 15.1. The van der Waals surface area contributed by atoms with E-state index in [1.807, 2.05) is 0 Å². The van der Waals surface area contributed by atoms with Gasteiger partial charge in [0.15, 0.2) is 0 Å². The summed E-state index contributed by atoms with van der Waals surface area (Å²) in [6.07, 6.45) is 0. The van der Waals surface area contributed by atoms with Gasteiger partial charge in [-0.3, -0.25) is 0 Å². The summed E-state index contributed by atoms with van der Waals surface area (Å²) in [5.41, 5.74) is 15.4. The van der Waals surface area contributed by atoms with Gasteiger partial charge in [0.05, 0.1) is 11.4 Å². The van der Waals surface area contributed by atoms with Gasteiger partial charge in [0.2, 0.25) is 0 Å². The van der Waals surface area contributed by atoms with Crippen molar-refractivity contribution in [2.75, 3.05) is 10.6 Å². The van der Waals surface area contributed by atoms with Crippen LogP contribution in [0.5, 0.6) is 0 Å². The molecule has 0 radical (unpaired) electrons. The molecule has 2 N–H and O–H groups in total. The Bertz CT molecular complexity index is 801. The van der Waals surface area contributed by atoms with Crippen molar-refractivity contribution in [1.29, 1.82) is 0 Å². The van der Waals surface area contributed by atoms with Crippen LogP contribution in [0.1, 0.15) is 22.3 Å². The molecular weight excluding hydrogens is 292 g/mol. The summed E-state index contributed by atoms with van der Waals surface area (Å²) in [7, 11) is 0. The lowest BCUT2D eigenvalue weighted by Crippen LogP contribution is -2.12. The van der Waals surface area contributed by atoms with Crippen LogP contribution in [0.3, 0.4) is 0 Å². The quantitative estimate of drug-likeness (QED) is 0.603.